The van der Waals surface area contributed by atoms with Crippen LogP contribution in [-0.4, -0.2) is 17.9 Å². The molecule has 1 unspecified atom stereocenters. The molecule has 0 heterocycles. The summed E-state index contributed by atoms with van der Waals surface area (Å²) in [5.41, 5.74) is 10.9. The minimum absolute atomic E-state index is 0.154. The van der Waals surface area contributed by atoms with Crippen molar-refractivity contribution in [3.05, 3.63) is 29.6 Å². The van der Waals surface area contributed by atoms with Gasteiger partial charge in [-0.1, -0.05) is 13.8 Å². The van der Waals surface area contributed by atoms with Gasteiger partial charge in [-0.05, 0) is 24.1 Å². The summed E-state index contributed by atoms with van der Waals surface area (Å²) in [6, 6.07) is 3.39. The number of amides is 2. The Balaban J connectivity index is 2.75. The number of rotatable bonds is 5. The van der Waals surface area contributed by atoms with Gasteiger partial charge in [0.2, 0.25) is 5.91 Å². The second kappa shape index (κ2) is 6.29. The van der Waals surface area contributed by atoms with Crippen LogP contribution in [0.3, 0.4) is 0 Å². The third kappa shape index (κ3) is 4.33. The van der Waals surface area contributed by atoms with Gasteiger partial charge in [-0.25, -0.2) is 4.39 Å². The molecule has 0 saturated carbocycles. The smallest absolute Gasteiger partial charge is 0.251 e. The van der Waals surface area contributed by atoms with Crippen molar-refractivity contribution in [1.82, 2.24) is 0 Å². The standard InChI is InChI=1S/C13H18FN3O2/c1-7(2)11(15)6-12(18)17-8-3-4-10(14)9(5-8)13(16)19/h3-5,7,11H,6,15H2,1-2H3,(H2,16,19)(H,17,18). The Labute approximate surface area is 111 Å². The molecule has 19 heavy (non-hydrogen) atoms. The first kappa shape index (κ1) is 15.1. The second-order valence-corrected chi connectivity index (χ2v) is 4.72. The summed E-state index contributed by atoms with van der Waals surface area (Å²) in [5, 5.41) is 2.56. The van der Waals surface area contributed by atoms with E-state index in [1.807, 2.05) is 13.8 Å². The van der Waals surface area contributed by atoms with Gasteiger partial charge in [-0.2, -0.15) is 0 Å². The number of halogens is 1. The number of anilines is 1. The Kier molecular flexibility index (Phi) is 5.00. The molecule has 1 atom stereocenters. The van der Waals surface area contributed by atoms with Gasteiger partial charge in [0.1, 0.15) is 5.82 Å². The van der Waals surface area contributed by atoms with Crippen LogP contribution in [0.5, 0.6) is 0 Å². The minimum Gasteiger partial charge on any atom is -0.366 e. The van der Waals surface area contributed by atoms with E-state index in [9.17, 15) is 14.0 Å². The van der Waals surface area contributed by atoms with Crippen LogP contribution in [0.2, 0.25) is 0 Å². The molecule has 0 bridgehead atoms. The van der Waals surface area contributed by atoms with Crippen molar-refractivity contribution in [2.75, 3.05) is 5.32 Å². The molecule has 104 valence electrons. The largest absolute Gasteiger partial charge is 0.366 e. The first-order chi connectivity index (χ1) is 8.81. The molecule has 1 aromatic carbocycles. The van der Waals surface area contributed by atoms with Gasteiger partial charge < -0.3 is 16.8 Å². The molecule has 0 fully saturated rings. The van der Waals surface area contributed by atoms with Gasteiger partial charge in [0, 0.05) is 18.2 Å². The monoisotopic (exact) mass is 267 g/mol. The van der Waals surface area contributed by atoms with Gasteiger partial charge in [-0.15, -0.1) is 0 Å². The summed E-state index contributed by atoms with van der Waals surface area (Å²) in [4.78, 5) is 22.7. The topological polar surface area (TPSA) is 98.2 Å². The van der Waals surface area contributed by atoms with Crippen molar-refractivity contribution in [1.29, 1.82) is 0 Å². The number of hydrogen-bond acceptors (Lipinski definition) is 3. The van der Waals surface area contributed by atoms with Crippen molar-refractivity contribution in [2.45, 2.75) is 26.3 Å². The predicted molar refractivity (Wildman–Crippen MR) is 71.0 cm³/mol. The van der Waals surface area contributed by atoms with E-state index in [4.69, 9.17) is 11.5 Å². The summed E-state index contributed by atoms with van der Waals surface area (Å²) in [7, 11) is 0. The zero-order valence-corrected chi connectivity index (χ0v) is 10.9. The first-order valence-electron chi connectivity index (χ1n) is 5.96. The average molecular weight is 267 g/mol. The third-order valence-corrected chi connectivity index (χ3v) is 2.79. The number of hydrogen-bond donors (Lipinski definition) is 3. The quantitative estimate of drug-likeness (QED) is 0.748. The fraction of sp³-hybridized carbons (Fsp3) is 0.385. The number of nitrogens with two attached hydrogens (primary N) is 2. The highest BCUT2D eigenvalue weighted by molar-refractivity contribution is 5.96. The molecule has 5 N–H and O–H groups in total. The van der Waals surface area contributed by atoms with Crippen LogP contribution < -0.4 is 16.8 Å². The fourth-order valence-electron chi connectivity index (χ4n) is 1.45. The number of nitrogens with one attached hydrogen (secondary N) is 1. The van der Waals surface area contributed by atoms with E-state index in [1.165, 1.54) is 12.1 Å². The Morgan fingerprint density at radius 2 is 2.00 bits per heavy atom. The lowest BCUT2D eigenvalue weighted by molar-refractivity contribution is -0.116. The van der Waals surface area contributed by atoms with Crippen LogP contribution in [0.1, 0.15) is 30.6 Å². The maximum atomic E-state index is 13.2. The maximum Gasteiger partial charge on any atom is 0.251 e. The highest BCUT2D eigenvalue weighted by atomic mass is 19.1. The van der Waals surface area contributed by atoms with Crippen molar-refractivity contribution < 1.29 is 14.0 Å². The lowest BCUT2D eigenvalue weighted by Crippen LogP contribution is -2.31. The molecule has 0 aliphatic heterocycles. The average Bonchev–Trinajstić information content (AvgIpc) is 2.30. The first-order valence-corrected chi connectivity index (χ1v) is 5.96. The molecule has 0 aromatic heterocycles. The van der Waals surface area contributed by atoms with E-state index in [2.05, 4.69) is 5.32 Å². The Bertz CT molecular complexity index is 489. The molecule has 2 amide bonds. The van der Waals surface area contributed by atoms with E-state index in [0.717, 1.165) is 6.07 Å². The van der Waals surface area contributed by atoms with Gasteiger partial charge in [0.25, 0.3) is 5.91 Å². The lowest BCUT2D eigenvalue weighted by Gasteiger charge is -2.15. The van der Waals surface area contributed by atoms with Crippen LogP contribution in [0.15, 0.2) is 18.2 Å². The summed E-state index contributed by atoms with van der Waals surface area (Å²) in [6.45, 7) is 3.84. The van der Waals surface area contributed by atoms with Crippen LogP contribution in [0, 0.1) is 11.7 Å². The number of carbonyl (C=O) groups excluding carboxylic acids is 2. The molecular formula is C13H18FN3O2. The Morgan fingerprint density at radius 1 is 1.37 bits per heavy atom. The molecule has 0 radical (unpaired) electrons. The van der Waals surface area contributed by atoms with Gasteiger partial charge in [0.15, 0.2) is 0 Å². The summed E-state index contributed by atoms with van der Waals surface area (Å²) in [6.07, 6.45) is 0.154. The van der Waals surface area contributed by atoms with E-state index >= 15 is 0 Å². The predicted octanol–water partition coefficient (Wildman–Crippen LogP) is 1.24. The van der Waals surface area contributed by atoms with Crippen LogP contribution >= 0.6 is 0 Å². The van der Waals surface area contributed by atoms with E-state index in [0.29, 0.717) is 5.69 Å². The van der Waals surface area contributed by atoms with E-state index in [-0.39, 0.29) is 29.9 Å². The summed E-state index contributed by atoms with van der Waals surface area (Å²) < 4.78 is 13.2. The zero-order chi connectivity index (χ0) is 14.6. The van der Waals surface area contributed by atoms with E-state index < -0.39 is 11.7 Å². The highest BCUT2D eigenvalue weighted by Crippen LogP contribution is 2.15. The molecular weight excluding hydrogens is 249 g/mol. The van der Waals surface area contributed by atoms with Crippen LogP contribution in [0.4, 0.5) is 10.1 Å². The molecule has 0 saturated heterocycles. The third-order valence-electron chi connectivity index (χ3n) is 2.79. The number of primary amides is 1. The summed E-state index contributed by atoms with van der Waals surface area (Å²) in [5.74, 6) is -1.71. The Morgan fingerprint density at radius 3 is 2.53 bits per heavy atom. The Hall–Kier alpha value is -1.95. The van der Waals surface area contributed by atoms with Gasteiger partial charge >= 0.3 is 0 Å². The zero-order valence-electron chi connectivity index (χ0n) is 10.9. The number of benzene rings is 1. The normalized spacial score (nSPS) is 12.3. The van der Waals surface area contributed by atoms with Crippen molar-refractivity contribution in [3.8, 4) is 0 Å². The van der Waals surface area contributed by atoms with Gasteiger partial charge in [-0.3, -0.25) is 9.59 Å². The van der Waals surface area contributed by atoms with Crippen LogP contribution in [-0.2, 0) is 4.79 Å². The SMILES string of the molecule is CC(C)C(N)CC(=O)Nc1ccc(F)c(C(N)=O)c1. The van der Waals surface area contributed by atoms with Crippen LogP contribution in [0.25, 0.3) is 0 Å². The maximum absolute atomic E-state index is 13.2. The lowest BCUT2D eigenvalue weighted by atomic mass is 10.0. The molecule has 1 aromatic rings. The minimum atomic E-state index is -0.882. The van der Waals surface area contributed by atoms with Crippen molar-refractivity contribution in [2.24, 2.45) is 17.4 Å². The molecule has 0 aliphatic carbocycles. The van der Waals surface area contributed by atoms with E-state index in [1.54, 1.807) is 0 Å². The fourth-order valence-corrected chi connectivity index (χ4v) is 1.45. The second-order valence-electron chi connectivity index (χ2n) is 4.72. The molecule has 0 spiro atoms. The van der Waals surface area contributed by atoms with Crippen molar-refractivity contribution in [3.63, 3.8) is 0 Å². The molecule has 0 aliphatic rings. The summed E-state index contributed by atoms with van der Waals surface area (Å²) >= 11 is 0. The van der Waals surface area contributed by atoms with Crippen molar-refractivity contribution >= 4 is 17.5 Å². The molecule has 6 heteroatoms. The molecule has 1 rings (SSSR count). The number of carbonyl (C=O) groups is 2. The van der Waals surface area contributed by atoms with Gasteiger partial charge in [0.05, 0.1) is 5.56 Å². The highest BCUT2D eigenvalue weighted by Gasteiger charge is 2.14. The molecule has 5 nitrogen and oxygen atoms in total.